The molecule has 0 unspecified atom stereocenters. The second kappa shape index (κ2) is 10.6. The van der Waals surface area contributed by atoms with Crippen molar-refractivity contribution in [2.45, 2.75) is 51.0 Å². The van der Waals surface area contributed by atoms with Gasteiger partial charge in [-0.15, -0.1) is 0 Å². The van der Waals surface area contributed by atoms with Gasteiger partial charge in [-0.1, -0.05) is 19.3 Å². The van der Waals surface area contributed by atoms with E-state index < -0.39 is 12.0 Å². The summed E-state index contributed by atoms with van der Waals surface area (Å²) in [4.78, 5) is 20.6. The van der Waals surface area contributed by atoms with Gasteiger partial charge in [0.1, 0.15) is 17.6 Å². The second-order valence-corrected chi connectivity index (χ2v) is 9.22. The van der Waals surface area contributed by atoms with Gasteiger partial charge in [-0.2, -0.15) is 0 Å². The second-order valence-electron chi connectivity index (χ2n) is 9.22. The molecule has 1 N–H and O–H groups in total. The van der Waals surface area contributed by atoms with Crippen molar-refractivity contribution >= 4 is 16.9 Å². The van der Waals surface area contributed by atoms with Crippen LogP contribution in [0, 0.1) is 11.7 Å². The largest absolute Gasteiger partial charge is 0.497 e. The van der Waals surface area contributed by atoms with E-state index in [1.54, 1.807) is 7.11 Å². The van der Waals surface area contributed by atoms with Gasteiger partial charge >= 0.3 is 5.97 Å². The molecule has 7 heteroatoms. The first-order chi connectivity index (χ1) is 15.5. The Hall–Kier alpha value is -2.25. The number of aromatic nitrogens is 1. The molecule has 4 rings (SSSR count). The number of carbonyl (C=O) groups is 1. The fraction of sp³-hybridized carbons (Fsp3) is 0.600. The van der Waals surface area contributed by atoms with Crippen LogP contribution < -0.4 is 4.74 Å². The molecule has 32 heavy (non-hydrogen) atoms. The van der Waals surface area contributed by atoms with E-state index in [4.69, 9.17) is 4.74 Å². The third kappa shape index (κ3) is 5.38. The SMILES string of the molecule is COc1ccc2ncc(F)c(CCCN3CCN(CC4CCCCC4)C[C@@H]3C(=O)O)c2c1. The fourth-order valence-corrected chi connectivity index (χ4v) is 5.32. The van der Waals surface area contributed by atoms with Crippen LogP contribution in [-0.2, 0) is 11.2 Å². The average Bonchev–Trinajstić information content (AvgIpc) is 2.81. The number of hydrogen-bond acceptors (Lipinski definition) is 5. The molecule has 2 heterocycles. The maximum absolute atomic E-state index is 14.6. The van der Waals surface area contributed by atoms with Crippen LogP contribution in [0.4, 0.5) is 4.39 Å². The van der Waals surface area contributed by atoms with E-state index in [9.17, 15) is 14.3 Å². The summed E-state index contributed by atoms with van der Waals surface area (Å²) in [5.74, 6) is 0.303. The molecular formula is C25H34FN3O3. The van der Waals surface area contributed by atoms with Crippen LogP contribution in [0.25, 0.3) is 10.9 Å². The van der Waals surface area contributed by atoms with Crippen LogP contribution in [0.3, 0.4) is 0 Å². The van der Waals surface area contributed by atoms with Gasteiger partial charge in [0.15, 0.2) is 0 Å². The summed E-state index contributed by atoms with van der Waals surface area (Å²) in [6.45, 7) is 3.89. The summed E-state index contributed by atoms with van der Waals surface area (Å²) < 4.78 is 19.9. The molecule has 0 radical (unpaired) electrons. The van der Waals surface area contributed by atoms with E-state index in [0.717, 1.165) is 30.5 Å². The Kier molecular flexibility index (Phi) is 7.58. The summed E-state index contributed by atoms with van der Waals surface area (Å²) in [7, 11) is 1.59. The summed E-state index contributed by atoms with van der Waals surface area (Å²) in [5.41, 5.74) is 1.36. The number of fused-ring (bicyclic) bond motifs is 1. The number of carboxylic acids is 1. The van der Waals surface area contributed by atoms with Gasteiger partial charge in [0.05, 0.1) is 18.8 Å². The molecule has 1 aliphatic heterocycles. The highest BCUT2D eigenvalue weighted by Crippen LogP contribution is 2.27. The molecule has 1 aromatic carbocycles. The Bertz CT molecular complexity index is 932. The van der Waals surface area contributed by atoms with Crippen LogP contribution >= 0.6 is 0 Å². The van der Waals surface area contributed by atoms with Gasteiger partial charge in [-0.05, 0) is 61.9 Å². The van der Waals surface area contributed by atoms with Gasteiger partial charge in [0.2, 0.25) is 0 Å². The minimum Gasteiger partial charge on any atom is -0.497 e. The van der Waals surface area contributed by atoms with Gasteiger partial charge in [0.25, 0.3) is 0 Å². The molecule has 1 atom stereocenters. The monoisotopic (exact) mass is 443 g/mol. The van der Waals surface area contributed by atoms with Gasteiger partial charge in [-0.25, -0.2) is 4.39 Å². The molecule has 2 aromatic rings. The highest BCUT2D eigenvalue weighted by atomic mass is 19.1. The number of carboxylic acid groups (broad SMARTS) is 1. The molecule has 2 aliphatic rings. The predicted molar refractivity (Wildman–Crippen MR) is 123 cm³/mol. The van der Waals surface area contributed by atoms with E-state index in [1.165, 1.54) is 38.3 Å². The zero-order valence-corrected chi connectivity index (χ0v) is 18.9. The molecule has 1 aromatic heterocycles. The number of methoxy groups -OCH3 is 1. The lowest BCUT2D eigenvalue weighted by molar-refractivity contribution is -0.146. The van der Waals surface area contributed by atoms with Crippen molar-refractivity contribution in [3.63, 3.8) is 0 Å². The first kappa shape index (κ1) is 22.9. The smallest absolute Gasteiger partial charge is 0.322 e. The number of aryl methyl sites for hydroxylation is 1. The van der Waals surface area contributed by atoms with Crippen molar-refractivity contribution < 1.29 is 19.0 Å². The number of nitrogens with zero attached hydrogens (tertiary/aromatic N) is 3. The minimum atomic E-state index is -0.761. The van der Waals surface area contributed by atoms with Crippen molar-refractivity contribution in [1.82, 2.24) is 14.8 Å². The number of hydrogen-bond donors (Lipinski definition) is 1. The number of halogens is 1. The number of pyridine rings is 1. The average molecular weight is 444 g/mol. The normalized spacial score (nSPS) is 21.1. The van der Waals surface area contributed by atoms with E-state index in [0.29, 0.717) is 43.2 Å². The lowest BCUT2D eigenvalue weighted by Crippen LogP contribution is -2.57. The van der Waals surface area contributed by atoms with Crippen LogP contribution in [0.5, 0.6) is 5.75 Å². The number of rotatable bonds is 8. The van der Waals surface area contributed by atoms with Crippen molar-refractivity contribution in [3.05, 3.63) is 35.8 Å². The zero-order chi connectivity index (χ0) is 22.5. The van der Waals surface area contributed by atoms with E-state index in [-0.39, 0.29) is 5.82 Å². The quantitative estimate of drug-likeness (QED) is 0.666. The summed E-state index contributed by atoms with van der Waals surface area (Å²) in [6.07, 6.45) is 8.99. The number of ether oxygens (including phenoxy) is 1. The minimum absolute atomic E-state index is 0.321. The molecule has 1 aliphatic carbocycles. The standard InChI is InChI=1S/C25H34FN3O3/c1-32-19-9-10-23-21(14-19)20(22(26)15-27-23)8-5-11-29-13-12-28(17-24(29)25(30)31)16-18-6-3-2-4-7-18/h9-10,14-15,18,24H,2-8,11-13,16-17H2,1H3,(H,30,31)/t24-/m1/s1. The number of piperazine rings is 1. The Morgan fingerprint density at radius 3 is 2.81 bits per heavy atom. The van der Waals surface area contributed by atoms with Crippen LogP contribution in [0.15, 0.2) is 24.4 Å². The maximum atomic E-state index is 14.6. The Balaban J connectivity index is 1.37. The highest BCUT2D eigenvalue weighted by Gasteiger charge is 2.33. The molecule has 0 spiro atoms. The summed E-state index contributed by atoms with van der Waals surface area (Å²) >= 11 is 0. The summed E-state index contributed by atoms with van der Waals surface area (Å²) in [5, 5.41) is 10.6. The number of aliphatic carboxylic acids is 1. The van der Waals surface area contributed by atoms with E-state index in [2.05, 4.69) is 14.8 Å². The third-order valence-corrected chi connectivity index (χ3v) is 7.11. The third-order valence-electron chi connectivity index (χ3n) is 7.11. The Morgan fingerprint density at radius 2 is 2.06 bits per heavy atom. The van der Waals surface area contributed by atoms with Crippen molar-refractivity contribution in [2.24, 2.45) is 5.92 Å². The van der Waals surface area contributed by atoms with Crippen molar-refractivity contribution in [2.75, 3.05) is 39.8 Å². The predicted octanol–water partition coefficient (Wildman–Crippen LogP) is 3.97. The summed E-state index contributed by atoms with van der Waals surface area (Å²) in [6, 6.07) is 4.99. The first-order valence-electron chi connectivity index (χ1n) is 11.9. The Labute approximate surface area is 189 Å². The Morgan fingerprint density at radius 1 is 1.25 bits per heavy atom. The lowest BCUT2D eigenvalue weighted by atomic mass is 9.88. The molecule has 0 bridgehead atoms. The molecule has 6 nitrogen and oxygen atoms in total. The van der Waals surface area contributed by atoms with E-state index >= 15 is 0 Å². The fourth-order valence-electron chi connectivity index (χ4n) is 5.32. The first-order valence-corrected chi connectivity index (χ1v) is 11.9. The van der Waals surface area contributed by atoms with Gasteiger partial charge in [0, 0.05) is 31.6 Å². The zero-order valence-electron chi connectivity index (χ0n) is 18.9. The van der Waals surface area contributed by atoms with Crippen LogP contribution in [0.1, 0.15) is 44.1 Å². The van der Waals surface area contributed by atoms with Gasteiger partial charge < -0.3 is 9.84 Å². The molecule has 1 saturated heterocycles. The van der Waals surface area contributed by atoms with Crippen LogP contribution in [-0.4, -0.2) is 71.7 Å². The van der Waals surface area contributed by atoms with Crippen molar-refractivity contribution in [3.8, 4) is 5.75 Å². The lowest BCUT2D eigenvalue weighted by Gasteiger charge is -2.41. The van der Waals surface area contributed by atoms with E-state index in [1.807, 2.05) is 18.2 Å². The van der Waals surface area contributed by atoms with Crippen LogP contribution in [0.2, 0.25) is 0 Å². The topological polar surface area (TPSA) is 65.9 Å². The molecule has 174 valence electrons. The molecule has 0 amide bonds. The van der Waals surface area contributed by atoms with Gasteiger partial charge in [-0.3, -0.25) is 19.6 Å². The number of benzene rings is 1. The maximum Gasteiger partial charge on any atom is 0.322 e. The molecule has 1 saturated carbocycles. The highest BCUT2D eigenvalue weighted by molar-refractivity contribution is 5.83. The van der Waals surface area contributed by atoms with Crippen molar-refractivity contribution in [1.29, 1.82) is 0 Å². The molecule has 2 fully saturated rings. The molecular weight excluding hydrogens is 409 g/mol.